The number of benzene rings is 3. The van der Waals surface area contributed by atoms with Gasteiger partial charge in [-0.05, 0) is 47.2 Å². The minimum absolute atomic E-state index is 0.00111. The first-order chi connectivity index (χ1) is 16.0. The van der Waals surface area contributed by atoms with E-state index < -0.39 is 10.0 Å². The third-order valence-electron chi connectivity index (χ3n) is 5.05. The fourth-order valence-electron chi connectivity index (χ4n) is 3.50. The Kier molecular flexibility index (Phi) is 5.57. The third-order valence-corrected chi connectivity index (χ3v) is 7.80. The Balaban J connectivity index is 1.51. The summed E-state index contributed by atoms with van der Waals surface area (Å²) in [6.45, 7) is 0. The van der Waals surface area contributed by atoms with Crippen molar-refractivity contribution in [1.29, 1.82) is 0 Å². The van der Waals surface area contributed by atoms with Crippen LogP contribution in [-0.4, -0.2) is 34.0 Å². The first-order valence-electron chi connectivity index (χ1n) is 10.1. The number of carbonyl (C=O) groups excluding carboxylic acids is 1. The Morgan fingerprint density at radius 2 is 1.64 bits per heavy atom. The number of nitrogens with one attached hydrogen (secondary N) is 1. The molecule has 0 aliphatic heterocycles. The molecule has 0 aliphatic rings. The smallest absolute Gasteiger partial charge is 0.270 e. The molecule has 0 saturated heterocycles. The molecule has 2 heterocycles. The lowest BCUT2D eigenvalue weighted by atomic mass is 10.1. The summed E-state index contributed by atoms with van der Waals surface area (Å²) < 4.78 is 28.6. The largest absolute Gasteiger partial charge is 0.325 e. The van der Waals surface area contributed by atoms with Crippen molar-refractivity contribution in [3.8, 4) is 0 Å². The zero-order valence-corrected chi connectivity index (χ0v) is 18.9. The first kappa shape index (κ1) is 21.2. The van der Waals surface area contributed by atoms with Gasteiger partial charge in [0, 0.05) is 18.1 Å². The van der Waals surface area contributed by atoms with E-state index in [-0.39, 0.29) is 21.7 Å². The second kappa shape index (κ2) is 8.68. The molecule has 164 valence electrons. The highest BCUT2D eigenvalue weighted by Crippen LogP contribution is 2.30. The maximum Gasteiger partial charge on any atom is 0.270 e. The quantitative estimate of drug-likeness (QED) is 0.363. The van der Waals surface area contributed by atoms with Crippen LogP contribution in [-0.2, 0) is 14.8 Å². The summed E-state index contributed by atoms with van der Waals surface area (Å²) in [6, 6.07) is 23.0. The molecule has 33 heavy (non-hydrogen) atoms. The number of hydrogen-bond donors (Lipinski definition) is 1. The highest BCUT2D eigenvalue weighted by atomic mass is 32.2. The molecular formula is C24H18N4O3S2. The fourth-order valence-corrected chi connectivity index (χ4v) is 6.05. The standard InChI is InChI=1S/C24H18N4O3S2/c29-23(26-19-11-13-25-14-12-19)16-32-24-27-21-7-3-4-8-22(21)28(24)33(30,31)20-10-9-17-5-1-2-6-18(17)15-20/h1-15H,16H2,(H,25,26,29). The van der Waals surface area contributed by atoms with Gasteiger partial charge < -0.3 is 5.32 Å². The number of carbonyl (C=O) groups is 1. The van der Waals surface area contributed by atoms with Crippen LogP contribution in [0.1, 0.15) is 0 Å². The highest BCUT2D eigenvalue weighted by Gasteiger charge is 2.25. The number of para-hydroxylation sites is 2. The van der Waals surface area contributed by atoms with Gasteiger partial charge in [-0.25, -0.2) is 17.4 Å². The van der Waals surface area contributed by atoms with E-state index in [4.69, 9.17) is 0 Å². The van der Waals surface area contributed by atoms with Gasteiger partial charge in [0.15, 0.2) is 5.16 Å². The van der Waals surface area contributed by atoms with E-state index in [9.17, 15) is 13.2 Å². The molecule has 1 N–H and O–H groups in total. The molecular weight excluding hydrogens is 456 g/mol. The van der Waals surface area contributed by atoms with Crippen LogP contribution in [0.2, 0.25) is 0 Å². The number of amides is 1. The van der Waals surface area contributed by atoms with Crippen LogP contribution in [0.4, 0.5) is 5.69 Å². The average Bonchev–Trinajstić information content (AvgIpc) is 3.22. The van der Waals surface area contributed by atoms with E-state index in [0.29, 0.717) is 16.7 Å². The molecule has 5 rings (SSSR count). The van der Waals surface area contributed by atoms with Crippen LogP contribution < -0.4 is 5.32 Å². The number of anilines is 1. The Hall–Kier alpha value is -3.69. The molecule has 5 aromatic rings. The van der Waals surface area contributed by atoms with Gasteiger partial charge in [-0.1, -0.05) is 54.2 Å². The fraction of sp³-hybridized carbons (Fsp3) is 0.0417. The number of nitrogens with zero attached hydrogens (tertiary/aromatic N) is 3. The molecule has 3 aromatic carbocycles. The number of rotatable bonds is 6. The van der Waals surface area contributed by atoms with E-state index in [0.717, 1.165) is 22.5 Å². The molecule has 0 spiro atoms. The number of imidazole rings is 1. The Bertz CT molecular complexity index is 1580. The lowest BCUT2D eigenvalue weighted by Gasteiger charge is -2.11. The molecule has 0 bridgehead atoms. The molecule has 9 heteroatoms. The lowest BCUT2D eigenvalue weighted by Crippen LogP contribution is -2.17. The summed E-state index contributed by atoms with van der Waals surface area (Å²) in [5.41, 5.74) is 1.62. The van der Waals surface area contributed by atoms with Crippen molar-refractivity contribution in [2.75, 3.05) is 11.1 Å². The molecule has 0 radical (unpaired) electrons. The Labute approximate surface area is 194 Å². The van der Waals surface area contributed by atoms with Crippen molar-refractivity contribution in [2.45, 2.75) is 10.1 Å². The van der Waals surface area contributed by atoms with Gasteiger partial charge >= 0.3 is 0 Å². The molecule has 0 aliphatic carbocycles. The van der Waals surface area contributed by atoms with Gasteiger partial charge in [0.2, 0.25) is 5.91 Å². The van der Waals surface area contributed by atoms with Crippen molar-refractivity contribution in [3.05, 3.63) is 91.3 Å². The monoisotopic (exact) mass is 474 g/mol. The number of hydrogen-bond acceptors (Lipinski definition) is 6. The molecule has 0 unspecified atom stereocenters. The van der Waals surface area contributed by atoms with Crippen LogP contribution in [0.3, 0.4) is 0 Å². The Morgan fingerprint density at radius 3 is 2.45 bits per heavy atom. The van der Waals surface area contributed by atoms with E-state index in [1.807, 2.05) is 24.3 Å². The topological polar surface area (TPSA) is 94.0 Å². The van der Waals surface area contributed by atoms with Gasteiger partial charge in [0.25, 0.3) is 10.0 Å². The van der Waals surface area contributed by atoms with Crippen molar-refractivity contribution >= 4 is 55.2 Å². The van der Waals surface area contributed by atoms with Gasteiger partial charge in [-0.15, -0.1) is 0 Å². The molecule has 0 fully saturated rings. The second-order valence-electron chi connectivity index (χ2n) is 7.23. The number of pyridine rings is 1. The SMILES string of the molecule is O=C(CSc1nc2ccccc2n1S(=O)(=O)c1ccc2ccccc2c1)Nc1ccncc1. The predicted octanol–water partition coefficient (Wildman–Crippen LogP) is 4.55. The zero-order chi connectivity index (χ0) is 22.8. The van der Waals surface area contributed by atoms with E-state index in [1.54, 1.807) is 67.0 Å². The average molecular weight is 475 g/mol. The molecule has 0 atom stereocenters. The number of fused-ring (bicyclic) bond motifs is 2. The molecule has 2 aromatic heterocycles. The predicted molar refractivity (Wildman–Crippen MR) is 130 cm³/mol. The van der Waals surface area contributed by atoms with E-state index in [1.165, 1.54) is 3.97 Å². The summed E-state index contributed by atoms with van der Waals surface area (Å²) in [5.74, 6) is -0.272. The maximum absolute atomic E-state index is 13.7. The van der Waals surface area contributed by atoms with Crippen molar-refractivity contribution in [2.24, 2.45) is 0 Å². The molecule has 0 saturated carbocycles. The van der Waals surface area contributed by atoms with Gasteiger partial charge in [0.05, 0.1) is 21.7 Å². The zero-order valence-electron chi connectivity index (χ0n) is 17.3. The van der Waals surface area contributed by atoms with Crippen LogP contribution >= 0.6 is 11.8 Å². The van der Waals surface area contributed by atoms with Crippen molar-refractivity contribution in [3.63, 3.8) is 0 Å². The first-order valence-corrected chi connectivity index (χ1v) is 12.5. The summed E-state index contributed by atoms with van der Waals surface area (Å²) in [4.78, 5) is 21.0. The normalized spacial score (nSPS) is 11.6. The lowest BCUT2D eigenvalue weighted by molar-refractivity contribution is -0.113. The summed E-state index contributed by atoms with van der Waals surface area (Å²) in [5, 5.41) is 4.78. The van der Waals surface area contributed by atoms with Gasteiger partial charge in [-0.2, -0.15) is 0 Å². The second-order valence-corrected chi connectivity index (χ2v) is 9.96. The van der Waals surface area contributed by atoms with Gasteiger partial charge in [0.1, 0.15) is 0 Å². The summed E-state index contributed by atoms with van der Waals surface area (Å²) in [7, 11) is -3.96. The maximum atomic E-state index is 13.7. The summed E-state index contributed by atoms with van der Waals surface area (Å²) >= 11 is 1.07. The highest BCUT2D eigenvalue weighted by molar-refractivity contribution is 8.00. The minimum Gasteiger partial charge on any atom is -0.325 e. The van der Waals surface area contributed by atoms with Crippen LogP contribution in [0, 0.1) is 0 Å². The number of thioether (sulfide) groups is 1. The van der Waals surface area contributed by atoms with Crippen molar-refractivity contribution < 1.29 is 13.2 Å². The summed E-state index contributed by atoms with van der Waals surface area (Å²) in [6.07, 6.45) is 3.16. The molecule has 7 nitrogen and oxygen atoms in total. The van der Waals surface area contributed by atoms with E-state index >= 15 is 0 Å². The third kappa shape index (κ3) is 4.20. The molecule has 1 amide bonds. The van der Waals surface area contributed by atoms with Crippen LogP contribution in [0.5, 0.6) is 0 Å². The van der Waals surface area contributed by atoms with Gasteiger partial charge in [-0.3, -0.25) is 9.78 Å². The van der Waals surface area contributed by atoms with Crippen LogP contribution in [0.15, 0.2) is 101 Å². The van der Waals surface area contributed by atoms with Crippen molar-refractivity contribution in [1.82, 2.24) is 13.9 Å². The van der Waals surface area contributed by atoms with Crippen LogP contribution in [0.25, 0.3) is 21.8 Å². The minimum atomic E-state index is -3.96. The Morgan fingerprint density at radius 1 is 0.909 bits per heavy atom. The van der Waals surface area contributed by atoms with E-state index in [2.05, 4.69) is 15.3 Å². The number of aromatic nitrogens is 3.